The fourth-order valence-corrected chi connectivity index (χ4v) is 2.56. The molecular formula is C18H17ClN4O5. The second kappa shape index (κ2) is 9.47. The number of nitrogens with one attached hydrogen (secondary N) is 3. The monoisotopic (exact) mass is 404 g/mol. The number of nitro groups is 1. The Morgan fingerprint density at radius 1 is 1.04 bits per heavy atom. The summed E-state index contributed by atoms with van der Waals surface area (Å²) in [6.45, 7) is 1.99. The second-order valence-corrected chi connectivity index (χ2v) is 5.96. The molecule has 0 aliphatic carbocycles. The first-order chi connectivity index (χ1) is 13.3. The number of rotatable bonds is 7. The van der Waals surface area contributed by atoms with Crippen LogP contribution < -0.4 is 16.0 Å². The van der Waals surface area contributed by atoms with Crippen molar-refractivity contribution >= 4 is 40.7 Å². The summed E-state index contributed by atoms with van der Waals surface area (Å²) in [7, 11) is 0. The van der Waals surface area contributed by atoms with Crippen LogP contribution >= 0.6 is 11.6 Å². The number of hydrogen-bond acceptors (Lipinski definition) is 5. The van der Waals surface area contributed by atoms with Gasteiger partial charge < -0.3 is 16.0 Å². The first kappa shape index (κ1) is 20.8. The van der Waals surface area contributed by atoms with Crippen LogP contribution in [-0.2, 0) is 4.79 Å². The molecule has 0 aliphatic rings. The van der Waals surface area contributed by atoms with Crippen molar-refractivity contribution in [3.63, 3.8) is 0 Å². The van der Waals surface area contributed by atoms with Gasteiger partial charge in [0.15, 0.2) is 0 Å². The quantitative estimate of drug-likeness (QED) is 0.481. The van der Waals surface area contributed by atoms with Crippen molar-refractivity contribution in [2.45, 2.75) is 6.92 Å². The van der Waals surface area contributed by atoms with E-state index in [-0.39, 0.29) is 40.0 Å². The Hall–Kier alpha value is -3.46. The average Bonchev–Trinajstić information content (AvgIpc) is 2.66. The maximum absolute atomic E-state index is 12.5. The predicted octanol–water partition coefficient (Wildman–Crippen LogP) is 2.37. The zero-order valence-corrected chi connectivity index (χ0v) is 15.6. The number of hydrogen-bond donors (Lipinski definition) is 3. The van der Waals surface area contributed by atoms with Crippen molar-refractivity contribution in [3.05, 3.63) is 68.7 Å². The van der Waals surface area contributed by atoms with Crippen LogP contribution in [0.1, 0.15) is 27.6 Å². The number of anilines is 1. The molecule has 0 spiro atoms. The lowest BCUT2D eigenvalue weighted by atomic mass is 10.1. The fraction of sp³-hybridized carbons (Fsp3) is 0.167. The van der Waals surface area contributed by atoms with Crippen LogP contribution in [0.4, 0.5) is 11.4 Å². The molecule has 0 radical (unpaired) electrons. The number of nitrogens with zero attached hydrogens (tertiary/aromatic N) is 1. The Bertz CT molecular complexity index is 932. The van der Waals surface area contributed by atoms with E-state index in [0.717, 1.165) is 12.1 Å². The number of likely N-dealkylation sites (N-methyl/N-ethyl adjacent to an activating group) is 1. The number of nitro benzene ring substituents is 1. The molecule has 0 atom stereocenters. The maximum Gasteiger partial charge on any atom is 0.270 e. The van der Waals surface area contributed by atoms with E-state index in [0.29, 0.717) is 6.54 Å². The third-order valence-electron chi connectivity index (χ3n) is 3.61. The average molecular weight is 405 g/mol. The van der Waals surface area contributed by atoms with Gasteiger partial charge in [0.1, 0.15) is 0 Å². The van der Waals surface area contributed by atoms with E-state index < -0.39 is 16.7 Å². The normalized spacial score (nSPS) is 10.1. The Kier molecular flexibility index (Phi) is 7.05. The minimum atomic E-state index is -0.635. The van der Waals surface area contributed by atoms with Crippen LogP contribution in [0.15, 0.2) is 42.5 Å². The number of para-hydroxylation sites is 1. The van der Waals surface area contributed by atoms with Gasteiger partial charge in [0.2, 0.25) is 5.91 Å². The molecule has 2 aromatic carbocycles. The molecule has 0 fully saturated rings. The van der Waals surface area contributed by atoms with Crippen LogP contribution in [0.3, 0.4) is 0 Å². The third-order valence-corrected chi connectivity index (χ3v) is 3.92. The van der Waals surface area contributed by atoms with Crippen LogP contribution in [0.5, 0.6) is 0 Å². The predicted molar refractivity (Wildman–Crippen MR) is 104 cm³/mol. The van der Waals surface area contributed by atoms with Gasteiger partial charge in [0.05, 0.1) is 33.3 Å². The molecule has 2 rings (SSSR count). The summed E-state index contributed by atoms with van der Waals surface area (Å²) in [5.74, 6) is -1.52. The standard InChI is InChI=1S/C18H17ClN4O5/c1-2-20-16(24)10-21-17(25)13-5-3-4-6-15(13)22-18(26)12-8-7-11(23(27)28)9-14(12)19/h3-9H,2,10H2,1H3,(H,20,24)(H,21,25)(H,22,26). The molecule has 9 nitrogen and oxygen atoms in total. The van der Waals surface area contributed by atoms with E-state index in [4.69, 9.17) is 11.6 Å². The molecule has 3 amide bonds. The lowest BCUT2D eigenvalue weighted by Crippen LogP contribution is -2.37. The van der Waals surface area contributed by atoms with Gasteiger partial charge in [-0.1, -0.05) is 23.7 Å². The summed E-state index contributed by atoms with van der Waals surface area (Å²) < 4.78 is 0. The highest BCUT2D eigenvalue weighted by Crippen LogP contribution is 2.24. The third kappa shape index (κ3) is 5.27. The van der Waals surface area contributed by atoms with E-state index in [1.807, 2.05) is 0 Å². The molecule has 0 aromatic heterocycles. The van der Waals surface area contributed by atoms with Gasteiger partial charge in [0.25, 0.3) is 17.5 Å². The van der Waals surface area contributed by atoms with Crippen molar-refractivity contribution in [1.82, 2.24) is 10.6 Å². The minimum absolute atomic E-state index is 0.0183. The number of carbonyl (C=O) groups excluding carboxylic acids is 3. The first-order valence-electron chi connectivity index (χ1n) is 8.22. The second-order valence-electron chi connectivity index (χ2n) is 5.56. The minimum Gasteiger partial charge on any atom is -0.355 e. The van der Waals surface area contributed by atoms with Crippen molar-refractivity contribution in [3.8, 4) is 0 Å². The summed E-state index contributed by atoms with van der Waals surface area (Å²) >= 11 is 5.96. The van der Waals surface area contributed by atoms with Crippen molar-refractivity contribution in [1.29, 1.82) is 0 Å². The Morgan fingerprint density at radius 3 is 2.39 bits per heavy atom. The van der Waals surface area contributed by atoms with Gasteiger partial charge in [-0.15, -0.1) is 0 Å². The van der Waals surface area contributed by atoms with Gasteiger partial charge in [-0.25, -0.2) is 0 Å². The van der Waals surface area contributed by atoms with E-state index in [1.54, 1.807) is 19.1 Å². The van der Waals surface area contributed by atoms with Crippen LogP contribution in [0, 0.1) is 10.1 Å². The molecule has 2 aromatic rings. The number of halogens is 1. The Balaban J connectivity index is 2.16. The van der Waals surface area contributed by atoms with Crippen molar-refractivity contribution in [2.24, 2.45) is 0 Å². The van der Waals surface area contributed by atoms with Gasteiger partial charge >= 0.3 is 0 Å². The zero-order valence-electron chi connectivity index (χ0n) is 14.8. The molecule has 0 aliphatic heterocycles. The molecular weight excluding hydrogens is 388 g/mol. The van der Waals surface area contributed by atoms with Crippen LogP contribution in [0.25, 0.3) is 0 Å². The number of non-ortho nitro benzene ring substituents is 1. The first-order valence-corrected chi connectivity index (χ1v) is 8.60. The highest BCUT2D eigenvalue weighted by molar-refractivity contribution is 6.34. The summed E-state index contributed by atoms with van der Waals surface area (Å²) in [6, 6.07) is 9.68. The van der Waals surface area contributed by atoms with Gasteiger partial charge in [-0.05, 0) is 25.1 Å². The molecule has 0 heterocycles. The largest absolute Gasteiger partial charge is 0.355 e. The van der Waals surface area contributed by atoms with E-state index in [9.17, 15) is 24.5 Å². The van der Waals surface area contributed by atoms with E-state index in [1.165, 1.54) is 18.2 Å². The van der Waals surface area contributed by atoms with Crippen LogP contribution in [-0.4, -0.2) is 35.7 Å². The molecule has 0 unspecified atom stereocenters. The molecule has 10 heteroatoms. The lowest BCUT2D eigenvalue weighted by molar-refractivity contribution is -0.384. The van der Waals surface area contributed by atoms with E-state index >= 15 is 0 Å². The topological polar surface area (TPSA) is 130 Å². The molecule has 0 saturated heterocycles. The van der Waals surface area contributed by atoms with Crippen molar-refractivity contribution in [2.75, 3.05) is 18.4 Å². The molecule has 146 valence electrons. The summed E-state index contributed by atoms with van der Waals surface area (Å²) in [5.41, 5.74) is 0.130. The number of benzene rings is 2. The Morgan fingerprint density at radius 2 is 1.75 bits per heavy atom. The van der Waals surface area contributed by atoms with Crippen molar-refractivity contribution < 1.29 is 19.3 Å². The molecule has 0 saturated carbocycles. The molecule has 3 N–H and O–H groups in total. The van der Waals surface area contributed by atoms with Gasteiger partial charge in [-0.3, -0.25) is 24.5 Å². The molecule has 0 bridgehead atoms. The smallest absolute Gasteiger partial charge is 0.270 e. The fourth-order valence-electron chi connectivity index (χ4n) is 2.30. The van der Waals surface area contributed by atoms with E-state index in [2.05, 4.69) is 16.0 Å². The zero-order chi connectivity index (χ0) is 20.7. The Labute approximate surface area is 165 Å². The van der Waals surface area contributed by atoms with Gasteiger partial charge in [-0.2, -0.15) is 0 Å². The summed E-state index contributed by atoms with van der Waals surface area (Å²) in [5, 5.41) is 18.2. The molecule has 28 heavy (non-hydrogen) atoms. The highest BCUT2D eigenvalue weighted by Gasteiger charge is 2.18. The number of carbonyl (C=O) groups is 3. The number of amides is 3. The van der Waals surface area contributed by atoms with Gasteiger partial charge in [0, 0.05) is 18.7 Å². The summed E-state index contributed by atoms with van der Waals surface area (Å²) in [4.78, 5) is 46.4. The summed E-state index contributed by atoms with van der Waals surface area (Å²) in [6.07, 6.45) is 0. The SMILES string of the molecule is CCNC(=O)CNC(=O)c1ccccc1NC(=O)c1ccc([N+](=O)[O-])cc1Cl. The highest BCUT2D eigenvalue weighted by atomic mass is 35.5. The lowest BCUT2D eigenvalue weighted by Gasteiger charge is -2.12. The maximum atomic E-state index is 12.5. The van der Waals surface area contributed by atoms with Crippen LogP contribution in [0.2, 0.25) is 5.02 Å².